The molecule has 2 atom stereocenters. The molecule has 2 N–H and O–H groups in total. The molecule has 0 heterocycles. The van der Waals surface area contributed by atoms with Gasteiger partial charge in [0.25, 0.3) is 0 Å². The maximum Gasteiger partial charge on any atom is 0.374 e. The first kappa shape index (κ1) is 19.4. The topological polar surface area (TPSA) is 127 Å². The third kappa shape index (κ3) is 4.81. The molecule has 2 rings (SSSR count). The summed E-state index contributed by atoms with van der Waals surface area (Å²) in [6, 6.07) is 7.59. The lowest BCUT2D eigenvalue weighted by Gasteiger charge is -2.25. The molecule has 1 saturated carbocycles. The van der Waals surface area contributed by atoms with E-state index in [0.29, 0.717) is 12.8 Å². The quantitative estimate of drug-likeness (QED) is 0.446. The van der Waals surface area contributed by atoms with Gasteiger partial charge in [-0.3, -0.25) is 9.59 Å². The Morgan fingerprint density at radius 3 is 1.96 bits per heavy atom. The second-order valence-corrected chi connectivity index (χ2v) is 6.20. The van der Waals surface area contributed by atoms with Gasteiger partial charge in [-0.2, -0.15) is 0 Å². The highest BCUT2D eigenvalue weighted by Crippen LogP contribution is 2.31. The van der Waals surface area contributed by atoms with Crippen molar-refractivity contribution in [3.63, 3.8) is 0 Å². The van der Waals surface area contributed by atoms with Gasteiger partial charge >= 0.3 is 23.9 Å². The normalized spacial score (nSPS) is 16.9. The van der Waals surface area contributed by atoms with E-state index in [-0.39, 0.29) is 5.56 Å². The monoisotopic (exact) mass is 364 g/mol. The average Bonchev–Trinajstić information content (AvgIpc) is 2.61. The number of aliphatic carboxylic acids is 2. The Balaban J connectivity index is 2.02. The van der Waals surface area contributed by atoms with E-state index in [4.69, 9.17) is 0 Å². The van der Waals surface area contributed by atoms with E-state index in [1.807, 2.05) is 0 Å². The van der Waals surface area contributed by atoms with Crippen LogP contribution in [0.15, 0.2) is 30.3 Å². The van der Waals surface area contributed by atoms with Gasteiger partial charge in [-0.05, 0) is 24.3 Å². The van der Waals surface area contributed by atoms with Crippen LogP contribution in [-0.2, 0) is 29.0 Å². The summed E-state index contributed by atoms with van der Waals surface area (Å²) in [5.74, 6) is -8.84. The molecule has 2 unspecified atom stereocenters. The minimum atomic E-state index is -1.68. The molecule has 1 aliphatic carbocycles. The van der Waals surface area contributed by atoms with Gasteiger partial charge in [0.05, 0.1) is 0 Å². The van der Waals surface area contributed by atoms with Gasteiger partial charge in [0.15, 0.2) is 11.8 Å². The van der Waals surface area contributed by atoms with Crippen LogP contribution in [0.3, 0.4) is 0 Å². The van der Waals surface area contributed by atoms with Gasteiger partial charge in [0, 0.05) is 0 Å². The number of carboxylic acids is 2. The van der Waals surface area contributed by atoms with Crippen LogP contribution in [0.1, 0.15) is 43.6 Å². The van der Waals surface area contributed by atoms with Crippen LogP contribution in [0.4, 0.5) is 0 Å². The van der Waals surface area contributed by atoms with E-state index >= 15 is 0 Å². The van der Waals surface area contributed by atoms with Crippen LogP contribution < -0.4 is 0 Å². The minimum Gasteiger partial charge on any atom is -0.481 e. The Bertz CT molecular complexity index is 663. The third-order valence-corrected chi connectivity index (χ3v) is 4.46. The fourth-order valence-electron chi connectivity index (χ4n) is 3.17. The smallest absolute Gasteiger partial charge is 0.374 e. The molecule has 1 aliphatic rings. The molecule has 0 radical (unpaired) electrons. The van der Waals surface area contributed by atoms with Crippen LogP contribution in [0.25, 0.3) is 0 Å². The molecule has 1 aromatic carbocycles. The van der Waals surface area contributed by atoms with Crippen LogP contribution in [0, 0.1) is 11.8 Å². The molecule has 0 amide bonds. The lowest BCUT2D eigenvalue weighted by atomic mass is 9.80. The van der Waals surface area contributed by atoms with Crippen LogP contribution >= 0.6 is 0 Å². The van der Waals surface area contributed by atoms with Gasteiger partial charge in [-0.1, -0.05) is 49.6 Å². The highest BCUT2D eigenvalue weighted by Gasteiger charge is 2.39. The Hall–Kier alpha value is -2.90. The summed E-state index contributed by atoms with van der Waals surface area (Å²) in [5, 5.41) is 18.5. The molecule has 8 heteroatoms. The first-order valence-electron chi connectivity index (χ1n) is 8.34. The molecule has 0 spiro atoms. The molecule has 0 aliphatic heterocycles. The largest absolute Gasteiger partial charge is 0.481 e. The van der Waals surface area contributed by atoms with Gasteiger partial charge in [0.2, 0.25) is 0 Å². The zero-order chi connectivity index (χ0) is 19.1. The van der Waals surface area contributed by atoms with Crippen molar-refractivity contribution in [1.29, 1.82) is 0 Å². The summed E-state index contributed by atoms with van der Waals surface area (Å²) in [6.45, 7) is 0. The number of hydrogen-bond acceptors (Lipinski definition) is 6. The zero-order valence-electron chi connectivity index (χ0n) is 14.0. The Labute approximate surface area is 149 Å². The number of rotatable bonds is 6. The fourth-order valence-corrected chi connectivity index (χ4v) is 3.17. The van der Waals surface area contributed by atoms with Crippen LogP contribution in [0.2, 0.25) is 0 Å². The summed E-state index contributed by atoms with van der Waals surface area (Å²) >= 11 is 0. The summed E-state index contributed by atoms with van der Waals surface area (Å²) in [6.07, 6.45) is 3.75. The third-order valence-electron chi connectivity index (χ3n) is 4.46. The van der Waals surface area contributed by atoms with Crippen molar-refractivity contribution >= 4 is 23.9 Å². The maximum absolute atomic E-state index is 12.1. The molecule has 0 aromatic heterocycles. The van der Waals surface area contributed by atoms with E-state index in [0.717, 1.165) is 19.3 Å². The zero-order valence-corrected chi connectivity index (χ0v) is 14.0. The van der Waals surface area contributed by atoms with E-state index in [1.54, 1.807) is 18.2 Å². The summed E-state index contributed by atoms with van der Waals surface area (Å²) < 4.78 is 0. The summed E-state index contributed by atoms with van der Waals surface area (Å²) in [7, 11) is 0. The van der Waals surface area contributed by atoms with Gasteiger partial charge < -0.3 is 10.2 Å². The van der Waals surface area contributed by atoms with E-state index < -0.39 is 41.6 Å². The minimum absolute atomic E-state index is 0.156. The van der Waals surface area contributed by atoms with Crippen molar-refractivity contribution in [3.8, 4) is 0 Å². The number of hydrogen-bond donors (Lipinski definition) is 2. The second kappa shape index (κ2) is 8.98. The molecule has 140 valence electrons. The van der Waals surface area contributed by atoms with Crippen molar-refractivity contribution in [2.24, 2.45) is 11.8 Å². The number of carbonyl (C=O) groups is 4. The van der Waals surface area contributed by atoms with Gasteiger partial charge in [-0.25, -0.2) is 19.4 Å². The summed E-state index contributed by atoms with van der Waals surface area (Å²) in [5.41, 5.74) is 0.156. The molecule has 1 fully saturated rings. The Morgan fingerprint density at radius 1 is 0.846 bits per heavy atom. The molecule has 8 nitrogen and oxygen atoms in total. The number of carbonyl (C=O) groups excluding carboxylic acids is 2. The number of benzene rings is 1. The highest BCUT2D eigenvalue weighted by molar-refractivity contribution is 6.00. The molecular formula is C18H20O8. The predicted molar refractivity (Wildman–Crippen MR) is 86.7 cm³/mol. The van der Waals surface area contributed by atoms with Gasteiger partial charge in [-0.15, -0.1) is 0 Å². The molecule has 0 saturated heterocycles. The van der Waals surface area contributed by atoms with Crippen LogP contribution in [0.5, 0.6) is 0 Å². The highest BCUT2D eigenvalue weighted by atomic mass is 17.2. The fraction of sp³-hybridized carbons (Fsp3) is 0.444. The van der Waals surface area contributed by atoms with Crippen molar-refractivity contribution in [3.05, 3.63) is 35.9 Å². The van der Waals surface area contributed by atoms with Crippen molar-refractivity contribution < 1.29 is 39.2 Å². The maximum atomic E-state index is 12.1. The van der Waals surface area contributed by atoms with Crippen molar-refractivity contribution in [1.82, 2.24) is 0 Å². The molecular weight excluding hydrogens is 344 g/mol. The molecule has 0 bridgehead atoms. The second-order valence-electron chi connectivity index (χ2n) is 6.20. The lowest BCUT2D eigenvalue weighted by Crippen LogP contribution is -2.35. The van der Waals surface area contributed by atoms with E-state index in [2.05, 4.69) is 9.78 Å². The standard InChI is InChI=1S/C18H20O8/c19-15(20)13(11-7-3-1-4-8-11)17(23)25-26-18(24)14(16(21)22)12-9-5-2-6-10-12/h1,3-4,7-8,12-14H,2,5-6,9-10H2,(H,19,20)(H,21,22). The van der Waals surface area contributed by atoms with Crippen LogP contribution in [-0.4, -0.2) is 34.1 Å². The predicted octanol–water partition coefficient (Wildman–Crippen LogP) is 2.14. The molecule has 1 aromatic rings. The van der Waals surface area contributed by atoms with Crippen molar-refractivity contribution in [2.75, 3.05) is 0 Å². The Kier molecular flexibility index (Phi) is 6.71. The first-order valence-corrected chi connectivity index (χ1v) is 8.34. The Morgan fingerprint density at radius 2 is 1.42 bits per heavy atom. The SMILES string of the molecule is O=C(O)C(C(=O)OOC(=O)C(C(=O)O)C1CCCCC1)c1ccccc1. The number of carboxylic acid groups (broad SMARTS) is 2. The van der Waals surface area contributed by atoms with Crippen molar-refractivity contribution in [2.45, 2.75) is 38.0 Å². The van der Waals surface area contributed by atoms with Gasteiger partial charge in [0.1, 0.15) is 0 Å². The van der Waals surface area contributed by atoms with E-state index in [9.17, 15) is 29.4 Å². The molecule has 26 heavy (non-hydrogen) atoms. The van der Waals surface area contributed by atoms with E-state index in [1.165, 1.54) is 12.1 Å². The average molecular weight is 364 g/mol. The lowest BCUT2D eigenvalue weighted by molar-refractivity contribution is -0.264. The first-order chi connectivity index (χ1) is 12.4. The summed E-state index contributed by atoms with van der Waals surface area (Å²) in [4.78, 5) is 55.6.